The topological polar surface area (TPSA) is 92.4 Å². The number of carbonyl (C=O) groups is 2. The number of nitrogens with two attached hydrogens (primary N) is 1. The molecule has 0 heterocycles. The van der Waals surface area contributed by atoms with Gasteiger partial charge < -0.3 is 16.2 Å². The third-order valence-electron chi connectivity index (χ3n) is 3.68. The lowest BCUT2D eigenvalue weighted by molar-refractivity contribution is -0.142. The van der Waals surface area contributed by atoms with E-state index in [0.29, 0.717) is 24.1 Å². The highest BCUT2D eigenvalue weighted by Crippen LogP contribution is 2.34. The Hall–Kier alpha value is -2.04. The second-order valence-electron chi connectivity index (χ2n) is 5.13. The van der Waals surface area contributed by atoms with Crippen LogP contribution in [0.25, 0.3) is 0 Å². The number of aliphatic carboxylic acids is 1. The minimum atomic E-state index is -0.974. The molecule has 4 N–H and O–H groups in total. The number of primary amides is 1. The molecule has 0 aromatic heterocycles. The number of benzene rings is 1. The maximum Gasteiger partial charge on any atom is 0.329 e. The van der Waals surface area contributed by atoms with Crippen molar-refractivity contribution in [3.8, 4) is 0 Å². The summed E-state index contributed by atoms with van der Waals surface area (Å²) in [5.41, 5.74) is 6.15. The van der Waals surface area contributed by atoms with E-state index in [0.717, 1.165) is 18.4 Å². The predicted molar refractivity (Wildman–Crippen MR) is 72.2 cm³/mol. The number of hydrogen-bond donors (Lipinski definition) is 3. The van der Waals surface area contributed by atoms with Gasteiger partial charge in [-0.25, -0.2) is 4.79 Å². The Labute approximate surface area is 111 Å². The third kappa shape index (κ3) is 2.54. The monoisotopic (exact) mass is 262 g/mol. The Bertz CT molecular complexity index is 519. The Morgan fingerprint density at radius 2 is 1.95 bits per heavy atom. The van der Waals surface area contributed by atoms with E-state index in [1.165, 1.54) is 0 Å². The largest absolute Gasteiger partial charge is 0.480 e. The van der Waals surface area contributed by atoms with Crippen LogP contribution in [0.3, 0.4) is 0 Å². The van der Waals surface area contributed by atoms with Gasteiger partial charge in [-0.2, -0.15) is 0 Å². The number of aryl methyl sites for hydroxylation is 1. The molecule has 2 rings (SSSR count). The number of carboxylic acids is 1. The lowest BCUT2D eigenvalue weighted by atomic mass is 9.96. The lowest BCUT2D eigenvalue weighted by Crippen LogP contribution is -2.44. The van der Waals surface area contributed by atoms with E-state index >= 15 is 0 Å². The van der Waals surface area contributed by atoms with Crippen molar-refractivity contribution in [2.45, 2.75) is 38.1 Å². The zero-order chi connectivity index (χ0) is 14.0. The Morgan fingerprint density at radius 1 is 1.32 bits per heavy atom. The molecule has 5 heteroatoms. The summed E-state index contributed by atoms with van der Waals surface area (Å²) in [6.07, 6.45) is 2.87. The number of hydrogen-bond acceptors (Lipinski definition) is 3. The van der Waals surface area contributed by atoms with Crippen LogP contribution in [0.4, 0.5) is 5.69 Å². The van der Waals surface area contributed by atoms with Crippen LogP contribution in [-0.2, 0) is 4.79 Å². The smallest absolute Gasteiger partial charge is 0.329 e. The second-order valence-corrected chi connectivity index (χ2v) is 5.13. The summed E-state index contributed by atoms with van der Waals surface area (Å²) in [6, 6.07) is 5.18. The Balaban J connectivity index is 2.39. The fourth-order valence-corrected chi connectivity index (χ4v) is 2.61. The summed E-state index contributed by atoms with van der Waals surface area (Å²) in [5, 5.41) is 12.5. The summed E-state index contributed by atoms with van der Waals surface area (Å²) >= 11 is 0. The normalized spacial score (nSPS) is 17.1. The summed E-state index contributed by atoms with van der Waals surface area (Å²) in [6.45, 7) is 1.89. The van der Waals surface area contributed by atoms with Gasteiger partial charge in [0.25, 0.3) is 5.91 Å². The molecule has 0 unspecified atom stereocenters. The van der Waals surface area contributed by atoms with E-state index in [4.69, 9.17) is 5.73 Å². The van der Waals surface area contributed by atoms with Crippen molar-refractivity contribution in [2.75, 3.05) is 5.32 Å². The van der Waals surface area contributed by atoms with Crippen molar-refractivity contribution in [2.24, 2.45) is 5.73 Å². The second kappa shape index (κ2) is 4.91. The average Bonchev–Trinajstić information content (AvgIpc) is 2.78. The van der Waals surface area contributed by atoms with Gasteiger partial charge in [-0.15, -0.1) is 0 Å². The minimum absolute atomic E-state index is 0.332. The maximum absolute atomic E-state index is 11.5. The number of anilines is 1. The molecule has 1 aliphatic rings. The van der Waals surface area contributed by atoms with Crippen LogP contribution < -0.4 is 11.1 Å². The molecule has 1 fully saturated rings. The highest BCUT2D eigenvalue weighted by atomic mass is 16.4. The number of carboxylic acid groups (broad SMARTS) is 1. The van der Waals surface area contributed by atoms with Crippen LogP contribution in [0.15, 0.2) is 18.2 Å². The molecule has 1 aliphatic carbocycles. The van der Waals surface area contributed by atoms with Gasteiger partial charge in [0.1, 0.15) is 5.54 Å². The van der Waals surface area contributed by atoms with Gasteiger partial charge in [-0.1, -0.05) is 18.9 Å². The molecule has 5 nitrogen and oxygen atoms in total. The van der Waals surface area contributed by atoms with E-state index in [2.05, 4.69) is 5.32 Å². The Morgan fingerprint density at radius 3 is 2.47 bits per heavy atom. The van der Waals surface area contributed by atoms with Crippen LogP contribution in [0.2, 0.25) is 0 Å². The zero-order valence-corrected chi connectivity index (χ0v) is 10.9. The van der Waals surface area contributed by atoms with Crippen LogP contribution in [0.5, 0.6) is 0 Å². The summed E-state index contributed by atoms with van der Waals surface area (Å²) in [7, 11) is 0. The predicted octanol–water partition coefficient (Wildman–Crippen LogP) is 1.90. The van der Waals surface area contributed by atoms with E-state index in [9.17, 15) is 14.7 Å². The molecule has 0 bridgehead atoms. The minimum Gasteiger partial charge on any atom is -0.480 e. The van der Waals surface area contributed by atoms with Crippen molar-refractivity contribution in [1.82, 2.24) is 0 Å². The molecular formula is C14H18N2O3. The van der Waals surface area contributed by atoms with E-state index < -0.39 is 17.4 Å². The fourth-order valence-electron chi connectivity index (χ4n) is 2.61. The lowest BCUT2D eigenvalue weighted by Gasteiger charge is -2.27. The van der Waals surface area contributed by atoms with E-state index in [1.54, 1.807) is 18.2 Å². The quantitative estimate of drug-likeness (QED) is 0.772. The molecular weight excluding hydrogens is 244 g/mol. The molecule has 1 amide bonds. The van der Waals surface area contributed by atoms with Gasteiger partial charge in [0, 0.05) is 5.69 Å². The van der Waals surface area contributed by atoms with Crippen LogP contribution in [0.1, 0.15) is 41.6 Å². The summed E-state index contributed by atoms with van der Waals surface area (Å²) in [4.78, 5) is 22.9. The van der Waals surface area contributed by atoms with Gasteiger partial charge in [-0.3, -0.25) is 4.79 Å². The Kier molecular flexibility index (Phi) is 3.46. The summed E-state index contributed by atoms with van der Waals surface area (Å²) in [5.74, 6) is -1.43. The van der Waals surface area contributed by atoms with Gasteiger partial charge in [-0.05, 0) is 37.5 Å². The van der Waals surface area contributed by atoms with Crippen molar-refractivity contribution < 1.29 is 14.7 Å². The van der Waals surface area contributed by atoms with Crippen molar-refractivity contribution in [1.29, 1.82) is 0 Å². The molecule has 0 radical (unpaired) electrons. The molecule has 0 atom stereocenters. The molecule has 1 saturated carbocycles. The average molecular weight is 262 g/mol. The first-order chi connectivity index (χ1) is 8.94. The maximum atomic E-state index is 11.5. The van der Waals surface area contributed by atoms with Gasteiger partial charge in [0.2, 0.25) is 0 Å². The molecule has 0 aliphatic heterocycles. The van der Waals surface area contributed by atoms with E-state index in [-0.39, 0.29) is 0 Å². The van der Waals surface area contributed by atoms with E-state index in [1.807, 2.05) is 6.92 Å². The first-order valence-corrected chi connectivity index (χ1v) is 6.37. The SMILES string of the molecule is Cc1ccc(C(N)=O)c(NC2(C(=O)O)CCCC2)c1. The number of carbonyl (C=O) groups excluding carboxylic acids is 1. The molecule has 102 valence electrons. The third-order valence-corrected chi connectivity index (χ3v) is 3.68. The molecule has 0 saturated heterocycles. The molecule has 1 aromatic carbocycles. The van der Waals surface area contributed by atoms with Crippen molar-refractivity contribution >= 4 is 17.6 Å². The molecule has 1 aromatic rings. The first-order valence-electron chi connectivity index (χ1n) is 6.37. The number of nitrogens with one attached hydrogen (secondary N) is 1. The number of rotatable bonds is 4. The molecule has 19 heavy (non-hydrogen) atoms. The van der Waals surface area contributed by atoms with Gasteiger partial charge in [0.05, 0.1) is 5.56 Å². The molecule has 0 spiro atoms. The van der Waals surface area contributed by atoms with Crippen LogP contribution in [0, 0.1) is 6.92 Å². The van der Waals surface area contributed by atoms with Crippen LogP contribution >= 0.6 is 0 Å². The van der Waals surface area contributed by atoms with Crippen molar-refractivity contribution in [3.63, 3.8) is 0 Å². The standard InChI is InChI=1S/C14H18N2O3/c1-9-4-5-10(12(15)17)11(8-9)16-14(13(18)19)6-2-3-7-14/h4-5,8,16H,2-3,6-7H2,1H3,(H2,15,17)(H,18,19). The first kappa shape index (κ1) is 13.4. The highest BCUT2D eigenvalue weighted by Gasteiger charge is 2.41. The van der Waals surface area contributed by atoms with Gasteiger partial charge >= 0.3 is 5.97 Å². The van der Waals surface area contributed by atoms with Crippen molar-refractivity contribution in [3.05, 3.63) is 29.3 Å². The van der Waals surface area contributed by atoms with Crippen LogP contribution in [-0.4, -0.2) is 22.5 Å². The number of amides is 1. The zero-order valence-electron chi connectivity index (χ0n) is 10.9. The highest BCUT2D eigenvalue weighted by molar-refractivity contribution is 5.99. The summed E-state index contributed by atoms with van der Waals surface area (Å²) < 4.78 is 0. The van der Waals surface area contributed by atoms with Gasteiger partial charge in [0.15, 0.2) is 0 Å². The fraction of sp³-hybridized carbons (Fsp3) is 0.429.